The molecule has 2 aromatic carbocycles. The van der Waals surface area contributed by atoms with Crippen LogP contribution in [0.15, 0.2) is 57.5 Å². The molecular formula is C18H16BrN3O2. The highest BCUT2D eigenvalue weighted by atomic mass is 79.9. The van der Waals surface area contributed by atoms with Crippen LogP contribution in [0.3, 0.4) is 0 Å². The van der Waals surface area contributed by atoms with Gasteiger partial charge in [-0.3, -0.25) is 4.79 Å². The summed E-state index contributed by atoms with van der Waals surface area (Å²) in [5, 5.41) is 6.89. The summed E-state index contributed by atoms with van der Waals surface area (Å²) in [6.07, 6.45) is 0. The Bertz CT molecular complexity index is 874. The highest BCUT2D eigenvalue weighted by Crippen LogP contribution is 2.28. The maximum Gasteiger partial charge on any atom is 0.259 e. The molecule has 3 aromatic rings. The van der Waals surface area contributed by atoms with E-state index in [2.05, 4.69) is 31.4 Å². The van der Waals surface area contributed by atoms with Crippen LogP contribution in [-0.4, -0.2) is 22.1 Å². The second-order valence-electron chi connectivity index (χ2n) is 5.61. The van der Waals surface area contributed by atoms with Crippen molar-refractivity contribution in [3.63, 3.8) is 0 Å². The number of amides is 1. The number of aromatic nitrogens is 2. The van der Waals surface area contributed by atoms with E-state index in [-0.39, 0.29) is 11.9 Å². The summed E-state index contributed by atoms with van der Waals surface area (Å²) in [6.45, 7) is 3.84. The van der Waals surface area contributed by atoms with Gasteiger partial charge < -0.3 is 9.84 Å². The van der Waals surface area contributed by atoms with Crippen molar-refractivity contribution in [1.29, 1.82) is 0 Å². The smallest absolute Gasteiger partial charge is 0.259 e. The Hall–Kier alpha value is -2.47. The van der Waals surface area contributed by atoms with E-state index < -0.39 is 0 Å². The zero-order chi connectivity index (χ0) is 17.1. The molecule has 1 aromatic heterocycles. The van der Waals surface area contributed by atoms with Crippen LogP contribution >= 0.6 is 15.9 Å². The van der Waals surface area contributed by atoms with Gasteiger partial charge in [-0.05, 0) is 54.0 Å². The molecule has 0 radical (unpaired) electrons. The number of halogens is 1. The number of hydrogen-bond acceptors (Lipinski definition) is 4. The molecule has 122 valence electrons. The molecule has 5 nitrogen and oxygen atoms in total. The lowest BCUT2D eigenvalue weighted by Crippen LogP contribution is -2.30. The standard InChI is InChI=1S/C18H16BrN3O2/c1-11(2)20-17(23)13-7-5-6-12(10-13)16-21-18(24-22-16)14-8-3-4-9-15(14)19/h3-11H,1-2H3,(H,20,23). The number of rotatable bonds is 4. The molecule has 0 bridgehead atoms. The average Bonchev–Trinajstić information content (AvgIpc) is 3.04. The van der Waals surface area contributed by atoms with Gasteiger partial charge in [-0.15, -0.1) is 0 Å². The highest BCUT2D eigenvalue weighted by molar-refractivity contribution is 9.10. The number of nitrogens with zero attached hydrogens (tertiary/aromatic N) is 2. The van der Waals surface area contributed by atoms with E-state index in [1.165, 1.54) is 0 Å². The van der Waals surface area contributed by atoms with Crippen molar-refractivity contribution in [3.05, 3.63) is 58.6 Å². The summed E-state index contributed by atoms with van der Waals surface area (Å²) in [5.41, 5.74) is 2.12. The number of carbonyl (C=O) groups excluding carboxylic acids is 1. The zero-order valence-corrected chi connectivity index (χ0v) is 14.9. The molecule has 0 atom stereocenters. The van der Waals surface area contributed by atoms with Gasteiger partial charge in [-0.2, -0.15) is 4.98 Å². The van der Waals surface area contributed by atoms with Gasteiger partial charge in [0, 0.05) is 21.6 Å². The van der Waals surface area contributed by atoms with E-state index >= 15 is 0 Å². The lowest BCUT2D eigenvalue weighted by atomic mass is 10.1. The first-order chi connectivity index (χ1) is 11.5. The minimum absolute atomic E-state index is 0.0772. The Morgan fingerprint density at radius 3 is 2.71 bits per heavy atom. The highest BCUT2D eigenvalue weighted by Gasteiger charge is 2.14. The normalized spacial score (nSPS) is 10.8. The quantitative estimate of drug-likeness (QED) is 0.726. The molecule has 0 saturated heterocycles. The Morgan fingerprint density at radius 1 is 1.17 bits per heavy atom. The second kappa shape index (κ2) is 6.97. The molecule has 1 N–H and O–H groups in total. The van der Waals surface area contributed by atoms with Crippen LogP contribution < -0.4 is 5.32 Å². The molecule has 0 saturated carbocycles. The summed E-state index contributed by atoms with van der Waals surface area (Å²) in [4.78, 5) is 16.6. The molecule has 3 rings (SSSR count). The topological polar surface area (TPSA) is 68.0 Å². The third kappa shape index (κ3) is 3.54. The van der Waals surface area contributed by atoms with Gasteiger partial charge in [-0.25, -0.2) is 0 Å². The predicted octanol–water partition coefficient (Wildman–Crippen LogP) is 4.30. The van der Waals surface area contributed by atoms with Gasteiger partial charge in [0.05, 0.1) is 5.56 Å². The monoisotopic (exact) mass is 385 g/mol. The molecule has 24 heavy (non-hydrogen) atoms. The fourth-order valence-electron chi connectivity index (χ4n) is 2.23. The van der Waals surface area contributed by atoms with Gasteiger partial charge >= 0.3 is 0 Å². The molecule has 0 unspecified atom stereocenters. The summed E-state index contributed by atoms with van der Waals surface area (Å²) in [5.74, 6) is 0.746. The summed E-state index contributed by atoms with van der Waals surface area (Å²) >= 11 is 3.47. The van der Waals surface area contributed by atoms with E-state index in [1.807, 2.05) is 44.2 Å². The van der Waals surface area contributed by atoms with Crippen molar-refractivity contribution in [1.82, 2.24) is 15.5 Å². The maximum atomic E-state index is 12.1. The second-order valence-corrected chi connectivity index (χ2v) is 6.47. The van der Waals surface area contributed by atoms with Crippen molar-refractivity contribution in [2.24, 2.45) is 0 Å². The Kier molecular flexibility index (Phi) is 4.76. The lowest BCUT2D eigenvalue weighted by Gasteiger charge is -2.08. The van der Waals surface area contributed by atoms with Crippen molar-refractivity contribution in [2.45, 2.75) is 19.9 Å². The van der Waals surface area contributed by atoms with E-state index in [1.54, 1.807) is 18.2 Å². The third-order valence-electron chi connectivity index (χ3n) is 3.33. The minimum atomic E-state index is -0.124. The molecule has 1 heterocycles. The molecule has 0 aliphatic carbocycles. The van der Waals surface area contributed by atoms with Gasteiger partial charge in [-0.1, -0.05) is 29.4 Å². The van der Waals surface area contributed by atoms with E-state index in [0.29, 0.717) is 17.3 Å². The summed E-state index contributed by atoms with van der Waals surface area (Å²) < 4.78 is 6.24. The van der Waals surface area contributed by atoms with E-state index in [0.717, 1.165) is 15.6 Å². The number of carbonyl (C=O) groups is 1. The Balaban J connectivity index is 1.91. The molecule has 0 spiro atoms. The Morgan fingerprint density at radius 2 is 1.96 bits per heavy atom. The largest absolute Gasteiger partial charge is 0.350 e. The van der Waals surface area contributed by atoms with Crippen LogP contribution in [0.5, 0.6) is 0 Å². The van der Waals surface area contributed by atoms with Crippen LogP contribution in [0, 0.1) is 0 Å². The number of benzene rings is 2. The number of hydrogen-bond donors (Lipinski definition) is 1. The third-order valence-corrected chi connectivity index (χ3v) is 4.02. The van der Waals surface area contributed by atoms with E-state index in [9.17, 15) is 4.79 Å². The predicted molar refractivity (Wildman–Crippen MR) is 95.5 cm³/mol. The molecular weight excluding hydrogens is 370 g/mol. The summed E-state index contributed by atoms with van der Waals surface area (Å²) in [7, 11) is 0. The van der Waals surface area contributed by atoms with Gasteiger partial charge in [0.1, 0.15) is 0 Å². The minimum Gasteiger partial charge on any atom is -0.350 e. The fraction of sp³-hybridized carbons (Fsp3) is 0.167. The zero-order valence-electron chi connectivity index (χ0n) is 13.3. The van der Waals surface area contributed by atoms with E-state index in [4.69, 9.17) is 4.52 Å². The molecule has 1 amide bonds. The van der Waals surface area contributed by atoms with Crippen molar-refractivity contribution >= 4 is 21.8 Å². The first kappa shape index (κ1) is 16.4. The SMILES string of the molecule is CC(C)NC(=O)c1cccc(-c2noc(-c3ccccc3Br)n2)c1. The number of nitrogens with one attached hydrogen (secondary N) is 1. The van der Waals surface area contributed by atoms with Gasteiger partial charge in [0.15, 0.2) is 0 Å². The van der Waals surface area contributed by atoms with Crippen molar-refractivity contribution in [3.8, 4) is 22.8 Å². The van der Waals surface area contributed by atoms with Gasteiger partial charge in [0.25, 0.3) is 11.8 Å². The average molecular weight is 386 g/mol. The fourth-order valence-corrected chi connectivity index (χ4v) is 2.68. The van der Waals surface area contributed by atoms with Gasteiger partial charge in [0.2, 0.25) is 5.82 Å². The molecule has 0 aliphatic heterocycles. The Labute approximate surface area is 148 Å². The van der Waals surface area contributed by atoms with Crippen LogP contribution in [0.1, 0.15) is 24.2 Å². The molecule has 0 fully saturated rings. The van der Waals surface area contributed by atoms with Crippen molar-refractivity contribution < 1.29 is 9.32 Å². The van der Waals surface area contributed by atoms with Crippen LogP contribution in [0.2, 0.25) is 0 Å². The van der Waals surface area contributed by atoms with Crippen molar-refractivity contribution in [2.75, 3.05) is 0 Å². The lowest BCUT2D eigenvalue weighted by molar-refractivity contribution is 0.0943. The first-order valence-corrected chi connectivity index (χ1v) is 8.34. The summed E-state index contributed by atoms with van der Waals surface area (Å²) in [6, 6.07) is 14.9. The maximum absolute atomic E-state index is 12.1. The van der Waals surface area contributed by atoms with Crippen LogP contribution in [0.4, 0.5) is 0 Å². The first-order valence-electron chi connectivity index (χ1n) is 7.54. The molecule has 0 aliphatic rings. The molecule has 6 heteroatoms. The van der Waals surface area contributed by atoms with Crippen LogP contribution in [-0.2, 0) is 0 Å². The van der Waals surface area contributed by atoms with Crippen LogP contribution in [0.25, 0.3) is 22.8 Å².